The number of hydrogen-bond acceptors (Lipinski definition) is 3. The molecule has 2 rings (SSSR count). The van der Waals surface area contributed by atoms with E-state index in [1.165, 1.54) is 0 Å². The summed E-state index contributed by atoms with van der Waals surface area (Å²) in [6.45, 7) is 2.75. The molecule has 0 saturated carbocycles. The van der Waals surface area contributed by atoms with Crippen LogP contribution in [0.1, 0.15) is 13.3 Å². The van der Waals surface area contributed by atoms with Crippen LogP contribution in [0.2, 0.25) is 0 Å². The number of carbonyl (C=O) groups is 1. The molecule has 1 aromatic rings. The molecule has 2 unspecified atom stereocenters. The van der Waals surface area contributed by atoms with Crippen molar-refractivity contribution in [2.45, 2.75) is 25.4 Å². The number of benzene rings is 1. The number of nitriles is 1. The van der Waals surface area contributed by atoms with Crippen LogP contribution < -0.4 is 4.90 Å². The molecule has 0 aromatic heterocycles. The van der Waals surface area contributed by atoms with E-state index >= 15 is 0 Å². The SMILES string of the molecule is CC1CN(C)C(=O)C(CC#N)N1c1cccc(Br)c1. The van der Waals surface area contributed by atoms with E-state index < -0.39 is 6.04 Å². The molecule has 1 amide bonds. The lowest BCUT2D eigenvalue weighted by Crippen LogP contribution is -2.60. The zero-order valence-electron chi connectivity index (χ0n) is 11.0. The van der Waals surface area contributed by atoms with Crippen molar-refractivity contribution in [3.05, 3.63) is 28.7 Å². The number of nitrogens with zero attached hydrogens (tertiary/aromatic N) is 3. The molecule has 1 aromatic carbocycles. The molecule has 2 atom stereocenters. The summed E-state index contributed by atoms with van der Waals surface area (Å²) >= 11 is 3.45. The van der Waals surface area contributed by atoms with Crippen LogP contribution in [0.25, 0.3) is 0 Å². The third kappa shape index (κ3) is 2.74. The Kier molecular flexibility index (Phi) is 4.11. The highest BCUT2D eigenvalue weighted by molar-refractivity contribution is 9.10. The van der Waals surface area contributed by atoms with E-state index in [-0.39, 0.29) is 18.4 Å². The highest BCUT2D eigenvalue weighted by Gasteiger charge is 2.37. The van der Waals surface area contributed by atoms with E-state index in [4.69, 9.17) is 5.26 Å². The van der Waals surface area contributed by atoms with Gasteiger partial charge >= 0.3 is 0 Å². The first kappa shape index (κ1) is 13.9. The average Bonchev–Trinajstić information content (AvgIpc) is 2.36. The Hall–Kier alpha value is -1.54. The van der Waals surface area contributed by atoms with E-state index in [1.807, 2.05) is 24.3 Å². The summed E-state index contributed by atoms with van der Waals surface area (Å²) in [5.74, 6) is 0.0135. The molecule has 1 saturated heterocycles. The van der Waals surface area contributed by atoms with Gasteiger partial charge in [-0.2, -0.15) is 5.26 Å². The van der Waals surface area contributed by atoms with E-state index in [0.717, 1.165) is 10.2 Å². The highest BCUT2D eigenvalue weighted by Crippen LogP contribution is 2.28. The van der Waals surface area contributed by atoms with Gasteiger partial charge in [0.05, 0.1) is 12.5 Å². The zero-order chi connectivity index (χ0) is 14.0. The maximum absolute atomic E-state index is 12.3. The molecule has 4 nitrogen and oxygen atoms in total. The summed E-state index contributed by atoms with van der Waals surface area (Å²) in [6.07, 6.45) is 0.208. The molecule has 0 N–H and O–H groups in total. The topological polar surface area (TPSA) is 47.3 Å². The number of anilines is 1. The van der Waals surface area contributed by atoms with Gasteiger partial charge < -0.3 is 9.80 Å². The van der Waals surface area contributed by atoms with Crippen LogP contribution in [0.15, 0.2) is 28.7 Å². The van der Waals surface area contributed by atoms with E-state index in [0.29, 0.717) is 6.54 Å². The van der Waals surface area contributed by atoms with Gasteiger partial charge in [0, 0.05) is 29.8 Å². The maximum atomic E-state index is 12.3. The van der Waals surface area contributed by atoms with Gasteiger partial charge in [-0.05, 0) is 25.1 Å². The molecule has 1 heterocycles. The molecule has 19 heavy (non-hydrogen) atoms. The van der Waals surface area contributed by atoms with Gasteiger partial charge in [0.25, 0.3) is 0 Å². The second-order valence-electron chi connectivity index (χ2n) is 4.83. The van der Waals surface area contributed by atoms with Crippen LogP contribution in [0.5, 0.6) is 0 Å². The molecule has 1 fully saturated rings. The van der Waals surface area contributed by atoms with Crippen LogP contribution in [-0.4, -0.2) is 36.5 Å². The average molecular weight is 322 g/mol. The summed E-state index contributed by atoms with van der Waals surface area (Å²) in [7, 11) is 1.79. The molecule has 100 valence electrons. The van der Waals surface area contributed by atoms with Crippen molar-refractivity contribution in [2.24, 2.45) is 0 Å². The Morgan fingerprint density at radius 3 is 2.89 bits per heavy atom. The first-order valence-corrected chi connectivity index (χ1v) is 6.99. The summed E-state index contributed by atoms with van der Waals surface area (Å²) in [5, 5.41) is 8.97. The molecular formula is C14H16BrN3O. The Morgan fingerprint density at radius 1 is 1.53 bits per heavy atom. The molecule has 0 spiro atoms. The van der Waals surface area contributed by atoms with Gasteiger partial charge in [-0.3, -0.25) is 4.79 Å². The van der Waals surface area contributed by atoms with Gasteiger partial charge in [0.15, 0.2) is 0 Å². The predicted molar refractivity (Wildman–Crippen MR) is 77.7 cm³/mol. The monoisotopic (exact) mass is 321 g/mol. The number of piperazine rings is 1. The normalized spacial score (nSPS) is 23.4. The minimum atomic E-state index is -0.395. The molecule has 0 radical (unpaired) electrons. The van der Waals surface area contributed by atoms with Gasteiger partial charge in [-0.25, -0.2) is 0 Å². The number of amides is 1. The first-order valence-electron chi connectivity index (χ1n) is 6.20. The van der Waals surface area contributed by atoms with Crippen molar-refractivity contribution in [3.63, 3.8) is 0 Å². The van der Waals surface area contributed by atoms with E-state index in [2.05, 4.69) is 33.8 Å². The van der Waals surface area contributed by atoms with Crippen molar-refractivity contribution in [2.75, 3.05) is 18.5 Å². The number of hydrogen-bond donors (Lipinski definition) is 0. The lowest BCUT2D eigenvalue weighted by atomic mass is 10.0. The predicted octanol–water partition coefficient (Wildman–Crippen LogP) is 2.40. The number of carbonyl (C=O) groups excluding carboxylic acids is 1. The fraction of sp³-hybridized carbons (Fsp3) is 0.429. The number of halogens is 1. The second-order valence-corrected chi connectivity index (χ2v) is 5.75. The van der Waals surface area contributed by atoms with Crippen molar-refractivity contribution >= 4 is 27.5 Å². The largest absolute Gasteiger partial charge is 0.354 e. The number of rotatable bonds is 2. The lowest BCUT2D eigenvalue weighted by Gasteiger charge is -2.44. The standard InChI is InChI=1S/C14H16BrN3O/c1-10-9-17(2)14(19)13(6-7-16)18(10)12-5-3-4-11(15)8-12/h3-5,8,10,13H,6,9H2,1-2H3. The van der Waals surface area contributed by atoms with Crippen LogP contribution in [0, 0.1) is 11.3 Å². The minimum Gasteiger partial charge on any atom is -0.354 e. The first-order chi connectivity index (χ1) is 9.04. The summed E-state index contributed by atoms with van der Waals surface area (Å²) in [4.78, 5) is 16.0. The van der Waals surface area contributed by atoms with E-state index in [1.54, 1.807) is 11.9 Å². The molecule has 1 aliphatic rings. The highest BCUT2D eigenvalue weighted by atomic mass is 79.9. The van der Waals surface area contributed by atoms with Gasteiger partial charge in [-0.1, -0.05) is 22.0 Å². The smallest absolute Gasteiger partial charge is 0.246 e. The van der Waals surface area contributed by atoms with Gasteiger partial charge in [-0.15, -0.1) is 0 Å². The van der Waals surface area contributed by atoms with Crippen LogP contribution in [0.3, 0.4) is 0 Å². The third-order valence-corrected chi connectivity index (χ3v) is 3.89. The van der Waals surface area contributed by atoms with Gasteiger partial charge in [0.1, 0.15) is 6.04 Å². The minimum absolute atomic E-state index is 0.0135. The summed E-state index contributed by atoms with van der Waals surface area (Å²) in [5.41, 5.74) is 0.976. The quantitative estimate of drug-likeness (QED) is 0.840. The Labute approximate surface area is 121 Å². The fourth-order valence-electron chi connectivity index (χ4n) is 2.60. The third-order valence-electron chi connectivity index (χ3n) is 3.40. The summed E-state index contributed by atoms with van der Waals surface area (Å²) < 4.78 is 0.972. The molecule has 1 aliphatic heterocycles. The zero-order valence-corrected chi connectivity index (χ0v) is 12.6. The Morgan fingerprint density at radius 2 is 2.26 bits per heavy atom. The van der Waals surface area contributed by atoms with Crippen molar-refractivity contribution in [1.29, 1.82) is 5.26 Å². The molecule has 0 aliphatic carbocycles. The fourth-order valence-corrected chi connectivity index (χ4v) is 2.99. The maximum Gasteiger partial charge on any atom is 0.246 e. The Balaban J connectivity index is 2.39. The lowest BCUT2D eigenvalue weighted by molar-refractivity contribution is -0.133. The molecule has 5 heteroatoms. The molecule has 0 bridgehead atoms. The van der Waals surface area contributed by atoms with Crippen LogP contribution in [-0.2, 0) is 4.79 Å². The van der Waals surface area contributed by atoms with Crippen molar-refractivity contribution < 1.29 is 4.79 Å². The van der Waals surface area contributed by atoms with Crippen LogP contribution in [0.4, 0.5) is 5.69 Å². The summed E-state index contributed by atoms with van der Waals surface area (Å²) in [6, 6.07) is 9.77. The van der Waals surface area contributed by atoms with Gasteiger partial charge in [0.2, 0.25) is 5.91 Å². The Bertz CT molecular complexity index is 526. The van der Waals surface area contributed by atoms with Crippen molar-refractivity contribution in [1.82, 2.24) is 4.90 Å². The van der Waals surface area contributed by atoms with Crippen molar-refractivity contribution in [3.8, 4) is 6.07 Å². The van der Waals surface area contributed by atoms with Crippen LogP contribution >= 0.6 is 15.9 Å². The van der Waals surface area contributed by atoms with E-state index in [9.17, 15) is 4.79 Å². The number of likely N-dealkylation sites (N-methyl/N-ethyl adjacent to an activating group) is 1. The second kappa shape index (κ2) is 5.62. The molecular weight excluding hydrogens is 306 g/mol.